The Balaban J connectivity index is 2.82. The van der Waals surface area contributed by atoms with E-state index in [2.05, 4.69) is 6.92 Å². The highest BCUT2D eigenvalue weighted by Gasteiger charge is 2.05. The van der Waals surface area contributed by atoms with Gasteiger partial charge in [-0.3, -0.25) is 0 Å². The topological polar surface area (TPSA) is 44.5 Å². The fourth-order valence-corrected chi connectivity index (χ4v) is 1.50. The molecule has 3 nitrogen and oxygen atoms in total. The predicted molar refractivity (Wildman–Crippen MR) is 66.2 cm³/mol. The Hall–Kier alpha value is -1.22. The largest absolute Gasteiger partial charge is 0.494 e. The molecule has 0 aliphatic carbocycles. The van der Waals surface area contributed by atoms with Crippen molar-refractivity contribution in [2.75, 3.05) is 19.8 Å². The molecule has 0 saturated carbocycles. The molecule has 90 valence electrons. The number of hydrogen-bond acceptors (Lipinski definition) is 3. The summed E-state index contributed by atoms with van der Waals surface area (Å²) in [6.45, 7) is 6.10. The molecule has 1 rings (SSSR count). The van der Waals surface area contributed by atoms with Crippen molar-refractivity contribution in [3.63, 3.8) is 0 Å². The van der Waals surface area contributed by atoms with Gasteiger partial charge in [0, 0.05) is 6.07 Å². The van der Waals surface area contributed by atoms with Gasteiger partial charge in [-0.25, -0.2) is 0 Å². The zero-order chi connectivity index (χ0) is 11.8. The van der Waals surface area contributed by atoms with Gasteiger partial charge < -0.3 is 15.2 Å². The molecule has 0 aromatic heterocycles. The zero-order valence-electron chi connectivity index (χ0n) is 10.2. The highest BCUT2D eigenvalue weighted by atomic mass is 16.5. The van der Waals surface area contributed by atoms with E-state index in [1.165, 1.54) is 0 Å². The molecule has 0 fully saturated rings. The summed E-state index contributed by atoms with van der Waals surface area (Å²) in [4.78, 5) is 0. The van der Waals surface area contributed by atoms with E-state index in [0.717, 1.165) is 36.5 Å². The molecule has 0 saturated heterocycles. The Kier molecular flexibility index (Phi) is 5.72. The second kappa shape index (κ2) is 7.12. The van der Waals surface area contributed by atoms with Gasteiger partial charge in [0.2, 0.25) is 0 Å². The SMILES string of the molecule is CCCOc1cc(OCC)ccc1CCN. The van der Waals surface area contributed by atoms with Crippen LogP contribution in [0.25, 0.3) is 0 Å². The van der Waals surface area contributed by atoms with Gasteiger partial charge in [-0.05, 0) is 37.9 Å². The maximum atomic E-state index is 5.69. The lowest BCUT2D eigenvalue weighted by atomic mass is 10.1. The number of ether oxygens (including phenoxy) is 2. The molecule has 0 aliphatic rings. The predicted octanol–water partition coefficient (Wildman–Crippen LogP) is 2.38. The van der Waals surface area contributed by atoms with Crippen LogP contribution in [0.1, 0.15) is 25.8 Å². The lowest BCUT2D eigenvalue weighted by molar-refractivity contribution is 0.306. The molecule has 1 aromatic rings. The normalized spacial score (nSPS) is 10.2. The molecular weight excluding hydrogens is 202 g/mol. The first kappa shape index (κ1) is 12.8. The average molecular weight is 223 g/mol. The van der Waals surface area contributed by atoms with Gasteiger partial charge in [-0.1, -0.05) is 13.0 Å². The molecule has 0 radical (unpaired) electrons. The zero-order valence-corrected chi connectivity index (χ0v) is 10.2. The molecule has 3 heteroatoms. The van der Waals surface area contributed by atoms with Gasteiger partial charge >= 0.3 is 0 Å². The first-order valence-electron chi connectivity index (χ1n) is 5.90. The third kappa shape index (κ3) is 3.74. The van der Waals surface area contributed by atoms with Crippen molar-refractivity contribution in [1.82, 2.24) is 0 Å². The third-order valence-corrected chi connectivity index (χ3v) is 2.22. The highest BCUT2D eigenvalue weighted by molar-refractivity contribution is 5.41. The Morgan fingerprint density at radius 3 is 2.62 bits per heavy atom. The lowest BCUT2D eigenvalue weighted by Crippen LogP contribution is -2.06. The number of hydrogen-bond donors (Lipinski definition) is 1. The number of rotatable bonds is 7. The molecular formula is C13H21NO2. The van der Waals surface area contributed by atoms with Crippen molar-refractivity contribution < 1.29 is 9.47 Å². The summed E-state index contributed by atoms with van der Waals surface area (Å²) < 4.78 is 11.1. The van der Waals surface area contributed by atoms with Gasteiger partial charge in [-0.2, -0.15) is 0 Å². The van der Waals surface area contributed by atoms with Crippen molar-refractivity contribution >= 4 is 0 Å². The summed E-state index contributed by atoms with van der Waals surface area (Å²) in [5.74, 6) is 1.76. The minimum Gasteiger partial charge on any atom is -0.494 e. The summed E-state index contributed by atoms with van der Waals surface area (Å²) in [5.41, 5.74) is 6.72. The summed E-state index contributed by atoms with van der Waals surface area (Å²) in [6, 6.07) is 5.94. The molecule has 0 atom stereocenters. The highest BCUT2D eigenvalue weighted by Crippen LogP contribution is 2.25. The average Bonchev–Trinajstić information content (AvgIpc) is 2.30. The minimum atomic E-state index is 0.635. The molecule has 1 aromatic carbocycles. The van der Waals surface area contributed by atoms with Crippen LogP contribution >= 0.6 is 0 Å². The van der Waals surface area contributed by atoms with Gasteiger partial charge in [0.15, 0.2) is 0 Å². The monoisotopic (exact) mass is 223 g/mol. The molecule has 0 aliphatic heterocycles. The van der Waals surface area contributed by atoms with Crippen LogP contribution in [0.2, 0.25) is 0 Å². The quantitative estimate of drug-likeness (QED) is 0.772. The van der Waals surface area contributed by atoms with E-state index in [-0.39, 0.29) is 0 Å². The molecule has 0 unspecified atom stereocenters. The van der Waals surface area contributed by atoms with Crippen molar-refractivity contribution in [3.8, 4) is 11.5 Å². The van der Waals surface area contributed by atoms with E-state index in [9.17, 15) is 0 Å². The molecule has 16 heavy (non-hydrogen) atoms. The van der Waals surface area contributed by atoms with Gasteiger partial charge in [0.05, 0.1) is 13.2 Å². The summed E-state index contributed by atoms with van der Waals surface area (Å²) in [7, 11) is 0. The summed E-state index contributed by atoms with van der Waals surface area (Å²) in [6.07, 6.45) is 1.84. The van der Waals surface area contributed by atoms with Crippen LogP contribution in [0, 0.1) is 0 Å². The molecule has 0 heterocycles. The maximum absolute atomic E-state index is 5.69. The smallest absolute Gasteiger partial charge is 0.126 e. The fraction of sp³-hybridized carbons (Fsp3) is 0.538. The molecule has 0 amide bonds. The third-order valence-electron chi connectivity index (χ3n) is 2.22. The van der Waals surface area contributed by atoms with E-state index in [1.807, 2.05) is 25.1 Å². The van der Waals surface area contributed by atoms with Crippen molar-refractivity contribution in [1.29, 1.82) is 0 Å². The van der Waals surface area contributed by atoms with Crippen LogP contribution in [-0.2, 0) is 6.42 Å². The van der Waals surface area contributed by atoms with Crippen LogP contribution in [0.15, 0.2) is 18.2 Å². The Morgan fingerprint density at radius 1 is 1.19 bits per heavy atom. The maximum Gasteiger partial charge on any atom is 0.126 e. The second-order valence-corrected chi connectivity index (χ2v) is 3.59. The summed E-state index contributed by atoms with van der Waals surface area (Å²) >= 11 is 0. The minimum absolute atomic E-state index is 0.635. The van der Waals surface area contributed by atoms with Crippen LogP contribution in [0.4, 0.5) is 0 Å². The Labute approximate surface area is 97.6 Å². The van der Waals surface area contributed by atoms with Crippen molar-refractivity contribution in [2.24, 2.45) is 5.73 Å². The van der Waals surface area contributed by atoms with E-state index >= 15 is 0 Å². The number of benzene rings is 1. The molecule has 2 N–H and O–H groups in total. The summed E-state index contributed by atoms with van der Waals surface area (Å²) in [5, 5.41) is 0. The van der Waals surface area contributed by atoms with E-state index in [4.69, 9.17) is 15.2 Å². The van der Waals surface area contributed by atoms with Gasteiger partial charge in [0.1, 0.15) is 11.5 Å². The van der Waals surface area contributed by atoms with Gasteiger partial charge in [-0.15, -0.1) is 0 Å². The van der Waals surface area contributed by atoms with E-state index in [0.29, 0.717) is 13.2 Å². The Morgan fingerprint density at radius 2 is 2.00 bits per heavy atom. The number of nitrogens with two attached hydrogens (primary N) is 1. The second-order valence-electron chi connectivity index (χ2n) is 3.59. The van der Waals surface area contributed by atoms with Crippen molar-refractivity contribution in [2.45, 2.75) is 26.7 Å². The standard InChI is InChI=1S/C13H21NO2/c1-3-9-16-13-10-12(15-4-2)6-5-11(13)7-8-14/h5-6,10H,3-4,7-9,14H2,1-2H3. The van der Waals surface area contributed by atoms with Crippen LogP contribution < -0.4 is 15.2 Å². The molecule has 0 spiro atoms. The van der Waals surface area contributed by atoms with Crippen molar-refractivity contribution in [3.05, 3.63) is 23.8 Å². The van der Waals surface area contributed by atoms with Crippen LogP contribution in [-0.4, -0.2) is 19.8 Å². The fourth-order valence-electron chi connectivity index (χ4n) is 1.50. The van der Waals surface area contributed by atoms with Gasteiger partial charge in [0.25, 0.3) is 0 Å². The Bertz CT molecular complexity index is 313. The van der Waals surface area contributed by atoms with Crippen LogP contribution in [0.5, 0.6) is 11.5 Å². The first-order valence-corrected chi connectivity index (χ1v) is 5.90. The lowest BCUT2D eigenvalue weighted by Gasteiger charge is -2.12. The van der Waals surface area contributed by atoms with E-state index < -0.39 is 0 Å². The first-order chi connectivity index (χ1) is 7.81. The van der Waals surface area contributed by atoms with Crippen LogP contribution in [0.3, 0.4) is 0 Å². The molecule has 0 bridgehead atoms. The van der Waals surface area contributed by atoms with E-state index in [1.54, 1.807) is 0 Å².